The maximum absolute atomic E-state index is 12.5. The molecule has 2 rings (SSSR count). The van der Waals surface area contributed by atoms with Crippen molar-refractivity contribution in [3.05, 3.63) is 29.3 Å². The molecule has 1 aromatic carbocycles. The molecule has 1 aromatic rings. The van der Waals surface area contributed by atoms with Crippen molar-refractivity contribution >= 4 is 17.5 Å². The van der Waals surface area contributed by atoms with Crippen LogP contribution < -0.4 is 10.6 Å². The summed E-state index contributed by atoms with van der Waals surface area (Å²) in [6.07, 6.45) is 2.46. The Morgan fingerprint density at radius 2 is 1.92 bits per heavy atom. The van der Waals surface area contributed by atoms with Crippen LogP contribution in [0, 0.1) is 13.8 Å². The SMILES string of the molecule is Cc1ccc(C)c(NC(=O)CN(CCC(=O)NC(C)(C)CO)C2CC2)c1. The zero-order valence-corrected chi connectivity index (χ0v) is 16.3. The molecular formula is C20H31N3O3. The van der Waals surface area contributed by atoms with Gasteiger partial charge in [-0.05, 0) is 57.7 Å². The van der Waals surface area contributed by atoms with Gasteiger partial charge in [-0.2, -0.15) is 0 Å². The van der Waals surface area contributed by atoms with Gasteiger partial charge in [-0.1, -0.05) is 12.1 Å². The molecule has 1 fully saturated rings. The summed E-state index contributed by atoms with van der Waals surface area (Å²) in [5, 5.41) is 15.0. The van der Waals surface area contributed by atoms with E-state index in [1.807, 2.05) is 32.0 Å². The van der Waals surface area contributed by atoms with Gasteiger partial charge in [0.15, 0.2) is 0 Å². The Morgan fingerprint density at radius 3 is 2.54 bits per heavy atom. The van der Waals surface area contributed by atoms with Gasteiger partial charge in [-0.15, -0.1) is 0 Å². The zero-order chi connectivity index (χ0) is 19.3. The molecule has 0 spiro atoms. The molecule has 2 amide bonds. The summed E-state index contributed by atoms with van der Waals surface area (Å²) < 4.78 is 0. The Bertz CT molecular complexity index is 654. The van der Waals surface area contributed by atoms with Gasteiger partial charge in [0.05, 0.1) is 18.7 Å². The minimum Gasteiger partial charge on any atom is -0.394 e. The third-order valence-electron chi connectivity index (χ3n) is 4.58. The van der Waals surface area contributed by atoms with Gasteiger partial charge in [0, 0.05) is 24.7 Å². The van der Waals surface area contributed by atoms with Gasteiger partial charge in [-0.3, -0.25) is 14.5 Å². The summed E-state index contributed by atoms with van der Waals surface area (Å²) in [4.78, 5) is 26.6. The Kier molecular flexibility index (Phi) is 6.78. The second-order valence-corrected chi connectivity index (χ2v) is 7.91. The van der Waals surface area contributed by atoms with Crippen LogP contribution in [-0.2, 0) is 9.59 Å². The standard InChI is InChI=1S/C20H31N3O3/c1-14-5-6-15(2)17(11-14)21-19(26)12-23(16-7-8-16)10-9-18(25)22-20(3,4)13-24/h5-6,11,16,24H,7-10,12-13H2,1-4H3,(H,21,26)(H,22,25). The first kappa shape index (κ1) is 20.4. The Balaban J connectivity index is 1.87. The highest BCUT2D eigenvalue weighted by Gasteiger charge is 2.31. The van der Waals surface area contributed by atoms with Gasteiger partial charge >= 0.3 is 0 Å². The molecule has 1 aliphatic carbocycles. The number of aryl methyl sites for hydroxylation is 2. The van der Waals surface area contributed by atoms with Gasteiger partial charge in [0.1, 0.15) is 0 Å². The molecule has 1 aliphatic rings. The van der Waals surface area contributed by atoms with Crippen LogP contribution in [0.4, 0.5) is 5.69 Å². The Labute approximate surface area is 156 Å². The van der Waals surface area contributed by atoms with Crippen molar-refractivity contribution in [3.63, 3.8) is 0 Å². The summed E-state index contributed by atoms with van der Waals surface area (Å²) in [6, 6.07) is 6.38. The third-order valence-corrected chi connectivity index (χ3v) is 4.58. The number of hydrogen-bond acceptors (Lipinski definition) is 4. The fourth-order valence-corrected chi connectivity index (χ4v) is 2.80. The van der Waals surface area contributed by atoms with Crippen molar-refractivity contribution in [2.24, 2.45) is 0 Å². The number of aliphatic hydroxyl groups is 1. The van der Waals surface area contributed by atoms with E-state index in [9.17, 15) is 14.7 Å². The monoisotopic (exact) mass is 361 g/mol. The van der Waals surface area contributed by atoms with Crippen LogP contribution >= 0.6 is 0 Å². The summed E-state index contributed by atoms with van der Waals surface area (Å²) >= 11 is 0. The molecular weight excluding hydrogens is 330 g/mol. The Morgan fingerprint density at radius 1 is 1.23 bits per heavy atom. The minimum absolute atomic E-state index is 0.0540. The van der Waals surface area contributed by atoms with E-state index in [1.54, 1.807) is 13.8 Å². The average molecular weight is 361 g/mol. The summed E-state index contributed by atoms with van der Waals surface area (Å²) in [7, 11) is 0. The highest BCUT2D eigenvalue weighted by molar-refractivity contribution is 5.93. The van der Waals surface area contributed by atoms with Gasteiger partial charge in [0.2, 0.25) is 11.8 Å². The van der Waals surface area contributed by atoms with Crippen LogP contribution in [0.2, 0.25) is 0 Å². The molecule has 26 heavy (non-hydrogen) atoms. The minimum atomic E-state index is -0.623. The van der Waals surface area contributed by atoms with Crippen LogP contribution in [0.5, 0.6) is 0 Å². The first-order valence-electron chi connectivity index (χ1n) is 9.23. The van der Waals surface area contributed by atoms with Crippen molar-refractivity contribution in [2.75, 3.05) is 25.0 Å². The number of benzene rings is 1. The molecule has 0 heterocycles. The topological polar surface area (TPSA) is 81.7 Å². The molecule has 0 bridgehead atoms. The highest BCUT2D eigenvalue weighted by Crippen LogP contribution is 2.27. The summed E-state index contributed by atoms with van der Waals surface area (Å²) in [5.41, 5.74) is 2.36. The average Bonchev–Trinajstić information content (AvgIpc) is 3.39. The van der Waals surface area contributed by atoms with Crippen LogP contribution in [0.15, 0.2) is 18.2 Å². The quantitative estimate of drug-likeness (QED) is 0.628. The first-order valence-corrected chi connectivity index (χ1v) is 9.23. The van der Waals surface area contributed by atoms with E-state index in [0.717, 1.165) is 29.7 Å². The number of carbonyl (C=O) groups excluding carboxylic acids is 2. The second kappa shape index (κ2) is 8.64. The van der Waals surface area contributed by atoms with E-state index in [4.69, 9.17) is 0 Å². The van der Waals surface area contributed by atoms with E-state index in [2.05, 4.69) is 15.5 Å². The molecule has 6 heteroatoms. The lowest BCUT2D eigenvalue weighted by Crippen LogP contribution is -2.47. The number of aliphatic hydroxyl groups excluding tert-OH is 1. The number of carbonyl (C=O) groups is 2. The number of hydrogen-bond donors (Lipinski definition) is 3. The maximum atomic E-state index is 12.5. The fourth-order valence-electron chi connectivity index (χ4n) is 2.80. The Hall–Kier alpha value is -1.92. The highest BCUT2D eigenvalue weighted by atomic mass is 16.3. The number of nitrogens with one attached hydrogen (secondary N) is 2. The third kappa shape index (κ3) is 6.42. The molecule has 3 N–H and O–H groups in total. The zero-order valence-electron chi connectivity index (χ0n) is 16.3. The normalized spacial score (nSPS) is 14.4. The van der Waals surface area contributed by atoms with E-state index in [1.165, 1.54) is 0 Å². The molecule has 1 saturated carbocycles. The van der Waals surface area contributed by atoms with Gasteiger partial charge in [-0.25, -0.2) is 0 Å². The lowest BCUT2D eigenvalue weighted by molar-refractivity contribution is -0.124. The van der Waals surface area contributed by atoms with E-state index in [-0.39, 0.29) is 25.0 Å². The van der Waals surface area contributed by atoms with Crippen LogP contribution in [-0.4, -0.2) is 53.1 Å². The molecule has 0 aromatic heterocycles. The number of anilines is 1. The molecule has 0 saturated heterocycles. The molecule has 0 unspecified atom stereocenters. The van der Waals surface area contributed by atoms with Crippen molar-refractivity contribution < 1.29 is 14.7 Å². The van der Waals surface area contributed by atoms with Crippen LogP contribution in [0.25, 0.3) is 0 Å². The predicted octanol–water partition coefficient (Wildman–Crippen LogP) is 1.98. The molecule has 0 aliphatic heterocycles. The smallest absolute Gasteiger partial charge is 0.238 e. The summed E-state index contributed by atoms with van der Waals surface area (Å²) in [5.74, 6) is -0.161. The predicted molar refractivity (Wildman–Crippen MR) is 103 cm³/mol. The van der Waals surface area contributed by atoms with E-state index < -0.39 is 5.54 Å². The first-order chi connectivity index (χ1) is 12.2. The molecule has 6 nitrogen and oxygen atoms in total. The van der Waals surface area contributed by atoms with Crippen molar-refractivity contribution in [3.8, 4) is 0 Å². The van der Waals surface area contributed by atoms with Gasteiger partial charge in [0.25, 0.3) is 0 Å². The summed E-state index contributed by atoms with van der Waals surface area (Å²) in [6.45, 7) is 8.25. The maximum Gasteiger partial charge on any atom is 0.238 e. The van der Waals surface area contributed by atoms with E-state index in [0.29, 0.717) is 19.0 Å². The largest absolute Gasteiger partial charge is 0.394 e. The van der Waals surface area contributed by atoms with Crippen molar-refractivity contribution in [2.45, 2.75) is 58.5 Å². The van der Waals surface area contributed by atoms with Crippen LogP contribution in [0.3, 0.4) is 0 Å². The second-order valence-electron chi connectivity index (χ2n) is 7.91. The van der Waals surface area contributed by atoms with Crippen molar-refractivity contribution in [1.29, 1.82) is 0 Å². The number of amides is 2. The lowest BCUT2D eigenvalue weighted by atomic mass is 10.1. The number of rotatable bonds is 9. The lowest BCUT2D eigenvalue weighted by Gasteiger charge is -2.25. The fraction of sp³-hybridized carbons (Fsp3) is 0.600. The molecule has 0 radical (unpaired) electrons. The van der Waals surface area contributed by atoms with Crippen molar-refractivity contribution in [1.82, 2.24) is 10.2 Å². The molecule has 144 valence electrons. The molecule has 0 atom stereocenters. The number of nitrogens with zero attached hydrogens (tertiary/aromatic N) is 1. The van der Waals surface area contributed by atoms with Crippen LogP contribution in [0.1, 0.15) is 44.2 Å². The van der Waals surface area contributed by atoms with Gasteiger partial charge < -0.3 is 15.7 Å². The van der Waals surface area contributed by atoms with E-state index >= 15 is 0 Å².